The smallest absolute Gasteiger partial charge is 0.243 e. The van der Waals surface area contributed by atoms with Crippen molar-refractivity contribution < 1.29 is 13.6 Å². The Kier molecular flexibility index (Phi) is 6.70. The molecule has 30 heavy (non-hydrogen) atoms. The lowest BCUT2D eigenvalue weighted by atomic mass is 9.95. The lowest BCUT2D eigenvalue weighted by Crippen LogP contribution is -2.43. The van der Waals surface area contributed by atoms with Crippen molar-refractivity contribution >= 4 is 11.9 Å². The average Bonchev–Trinajstić information content (AvgIpc) is 3.51. The second kappa shape index (κ2) is 9.24. The number of halogens is 2. The van der Waals surface area contributed by atoms with E-state index in [0.717, 1.165) is 24.5 Å². The summed E-state index contributed by atoms with van der Waals surface area (Å²) in [6.45, 7) is 2.45. The van der Waals surface area contributed by atoms with E-state index in [1.165, 1.54) is 17.0 Å². The number of likely N-dealkylation sites (N-methyl/N-ethyl adjacent to an activating group) is 1. The lowest BCUT2D eigenvalue weighted by Gasteiger charge is -2.22. The maximum atomic E-state index is 14.3. The van der Waals surface area contributed by atoms with E-state index in [1.807, 2.05) is 37.3 Å². The Labute approximate surface area is 176 Å². The van der Waals surface area contributed by atoms with E-state index in [0.29, 0.717) is 18.1 Å². The average molecular weight is 415 g/mol. The van der Waals surface area contributed by atoms with Gasteiger partial charge in [-0.15, -0.1) is 0 Å². The third-order valence-corrected chi connectivity index (χ3v) is 5.47. The maximum absolute atomic E-state index is 14.3. The van der Waals surface area contributed by atoms with E-state index >= 15 is 0 Å². The first-order chi connectivity index (χ1) is 14.3. The highest BCUT2D eigenvalue weighted by atomic mass is 19.1. The SMILES string of the molecule is CC(NC(=NCC(=O)N(C)C)NCC1(c2ccc(F)cc2F)CC1)c1ccccc1. The number of guanidine groups is 1. The number of nitrogens with one attached hydrogen (secondary N) is 2. The molecule has 0 heterocycles. The molecule has 1 aliphatic carbocycles. The van der Waals surface area contributed by atoms with Gasteiger partial charge >= 0.3 is 0 Å². The lowest BCUT2D eigenvalue weighted by molar-refractivity contribution is -0.127. The van der Waals surface area contributed by atoms with Gasteiger partial charge in [0.1, 0.15) is 18.2 Å². The molecule has 5 nitrogen and oxygen atoms in total. The standard InChI is InChI=1S/C23H28F2N4O/c1-16(17-7-5-4-6-8-17)28-22(26-14-21(30)29(2)3)27-15-23(11-12-23)19-10-9-18(24)13-20(19)25/h4-10,13,16H,11-12,14-15H2,1-3H3,(H2,26,27,28). The van der Waals surface area contributed by atoms with Crippen LogP contribution >= 0.6 is 0 Å². The molecule has 3 rings (SSSR count). The number of carbonyl (C=O) groups is 1. The zero-order chi connectivity index (χ0) is 21.7. The highest BCUT2D eigenvalue weighted by Crippen LogP contribution is 2.48. The molecule has 2 N–H and O–H groups in total. The first kappa shape index (κ1) is 21.7. The molecule has 2 aromatic rings. The Balaban J connectivity index is 1.73. The van der Waals surface area contributed by atoms with Gasteiger partial charge in [0, 0.05) is 32.1 Å². The van der Waals surface area contributed by atoms with Crippen LogP contribution in [0.4, 0.5) is 8.78 Å². The van der Waals surface area contributed by atoms with Crippen LogP contribution in [0.15, 0.2) is 53.5 Å². The fraction of sp³-hybridized carbons (Fsp3) is 0.391. The van der Waals surface area contributed by atoms with Gasteiger partial charge in [-0.3, -0.25) is 4.79 Å². The van der Waals surface area contributed by atoms with Crippen LogP contribution in [-0.2, 0) is 10.2 Å². The molecule has 1 unspecified atom stereocenters. The minimum absolute atomic E-state index is 0.00174. The van der Waals surface area contributed by atoms with Crippen LogP contribution < -0.4 is 10.6 Å². The number of carbonyl (C=O) groups excluding carboxylic acids is 1. The molecule has 1 fully saturated rings. The molecule has 0 bridgehead atoms. The molecule has 0 aromatic heterocycles. The number of rotatable bonds is 7. The first-order valence-electron chi connectivity index (χ1n) is 10.1. The summed E-state index contributed by atoms with van der Waals surface area (Å²) in [5, 5.41) is 6.58. The fourth-order valence-corrected chi connectivity index (χ4v) is 3.34. The zero-order valence-electron chi connectivity index (χ0n) is 17.6. The highest BCUT2D eigenvalue weighted by molar-refractivity contribution is 5.85. The van der Waals surface area contributed by atoms with Gasteiger partial charge < -0.3 is 15.5 Å². The van der Waals surface area contributed by atoms with Crippen molar-refractivity contribution in [2.24, 2.45) is 4.99 Å². The molecule has 2 aromatic carbocycles. The predicted molar refractivity (Wildman–Crippen MR) is 114 cm³/mol. The summed E-state index contributed by atoms with van der Waals surface area (Å²) in [7, 11) is 3.36. The van der Waals surface area contributed by atoms with E-state index in [-0.39, 0.29) is 23.9 Å². The first-order valence-corrected chi connectivity index (χ1v) is 10.1. The molecular weight excluding hydrogens is 386 g/mol. The molecule has 0 saturated heterocycles. The van der Waals surface area contributed by atoms with Gasteiger partial charge in [0.05, 0.1) is 6.04 Å². The summed E-state index contributed by atoms with van der Waals surface area (Å²) in [6, 6.07) is 13.6. The molecule has 1 amide bonds. The van der Waals surface area contributed by atoms with E-state index in [4.69, 9.17) is 0 Å². The summed E-state index contributed by atoms with van der Waals surface area (Å²) in [5.74, 6) is -0.742. The van der Waals surface area contributed by atoms with Gasteiger partial charge in [-0.05, 0) is 37.0 Å². The third-order valence-electron chi connectivity index (χ3n) is 5.47. The second-order valence-electron chi connectivity index (χ2n) is 7.99. The Morgan fingerprint density at radius 3 is 2.47 bits per heavy atom. The van der Waals surface area contributed by atoms with Crippen LogP contribution in [-0.4, -0.2) is 44.0 Å². The van der Waals surface area contributed by atoms with E-state index in [9.17, 15) is 13.6 Å². The zero-order valence-corrected chi connectivity index (χ0v) is 17.6. The van der Waals surface area contributed by atoms with Gasteiger partial charge in [0.2, 0.25) is 5.91 Å². The summed E-state index contributed by atoms with van der Waals surface area (Å²) in [6.07, 6.45) is 1.61. The highest BCUT2D eigenvalue weighted by Gasteiger charge is 2.46. The van der Waals surface area contributed by atoms with E-state index in [1.54, 1.807) is 14.1 Å². The largest absolute Gasteiger partial charge is 0.355 e. The molecule has 1 atom stereocenters. The van der Waals surface area contributed by atoms with Crippen LogP contribution in [0.25, 0.3) is 0 Å². The van der Waals surface area contributed by atoms with Crippen molar-refractivity contribution in [2.75, 3.05) is 27.2 Å². The van der Waals surface area contributed by atoms with Crippen LogP contribution in [0.1, 0.15) is 36.9 Å². The van der Waals surface area contributed by atoms with Crippen molar-refractivity contribution in [3.63, 3.8) is 0 Å². The molecule has 1 aliphatic rings. The fourth-order valence-electron chi connectivity index (χ4n) is 3.34. The molecule has 160 valence electrons. The van der Waals surface area contributed by atoms with Crippen molar-refractivity contribution in [2.45, 2.75) is 31.2 Å². The third kappa shape index (κ3) is 5.34. The van der Waals surface area contributed by atoms with Crippen molar-refractivity contribution in [3.8, 4) is 0 Å². The van der Waals surface area contributed by atoms with Crippen LogP contribution in [0, 0.1) is 11.6 Å². The van der Waals surface area contributed by atoms with Gasteiger partial charge in [-0.25, -0.2) is 13.8 Å². The van der Waals surface area contributed by atoms with Crippen molar-refractivity contribution in [1.29, 1.82) is 0 Å². The van der Waals surface area contributed by atoms with Gasteiger partial charge in [-0.1, -0.05) is 36.4 Å². The number of aliphatic imine (C=N–C) groups is 1. The molecule has 0 spiro atoms. The molecule has 1 saturated carbocycles. The van der Waals surface area contributed by atoms with Gasteiger partial charge in [-0.2, -0.15) is 0 Å². The van der Waals surface area contributed by atoms with Gasteiger partial charge in [0.15, 0.2) is 5.96 Å². The van der Waals surface area contributed by atoms with Gasteiger partial charge in [0.25, 0.3) is 0 Å². The number of nitrogens with zero attached hydrogens (tertiary/aromatic N) is 2. The molecular formula is C23H28F2N4O. The Hall–Kier alpha value is -2.96. The summed E-state index contributed by atoms with van der Waals surface area (Å²) in [4.78, 5) is 17.9. The van der Waals surface area contributed by atoms with Crippen LogP contribution in [0.3, 0.4) is 0 Å². The number of hydrogen-bond acceptors (Lipinski definition) is 2. The maximum Gasteiger partial charge on any atom is 0.243 e. The van der Waals surface area contributed by atoms with E-state index < -0.39 is 11.6 Å². The molecule has 0 radical (unpaired) electrons. The Bertz CT molecular complexity index is 911. The summed E-state index contributed by atoms with van der Waals surface area (Å²) >= 11 is 0. The predicted octanol–water partition coefficient (Wildman–Crippen LogP) is 3.38. The number of amides is 1. The minimum atomic E-state index is -0.581. The van der Waals surface area contributed by atoms with Crippen LogP contribution in [0.5, 0.6) is 0 Å². The Morgan fingerprint density at radius 2 is 1.87 bits per heavy atom. The minimum Gasteiger partial charge on any atom is -0.355 e. The topological polar surface area (TPSA) is 56.7 Å². The molecule has 0 aliphatic heterocycles. The summed E-state index contributed by atoms with van der Waals surface area (Å²) in [5.41, 5.74) is 1.20. The van der Waals surface area contributed by atoms with Crippen LogP contribution in [0.2, 0.25) is 0 Å². The van der Waals surface area contributed by atoms with E-state index in [2.05, 4.69) is 15.6 Å². The number of hydrogen-bond donors (Lipinski definition) is 2. The Morgan fingerprint density at radius 1 is 1.17 bits per heavy atom. The van der Waals surface area contributed by atoms with Crippen molar-refractivity contribution in [3.05, 3.63) is 71.3 Å². The monoisotopic (exact) mass is 414 g/mol. The second-order valence-corrected chi connectivity index (χ2v) is 7.99. The quantitative estimate of drug-likeness (QED) is 0.540. The number of benzene rings is 2. The molecule has 7 heteroatoms. The summed E-state index contributed by atoms with van der Waals surface area (Å²) < 4.78 is 27.6. The van der Waals surface area contributed by atoms with Crippen molar-refractivity contribution in [1.82, 2.24) is 15.5 Å². The normalized spacial score (nSPS) is 16.0.